The summed E-state index contributed by atoms with van der Waals surface area (Å²) >= 11 is 0. The largest absolute Gasteiger partial charge is 0.497 e. The Labute approximate surface area is 148 Å². The summed E-state index contributed by atoms with van der Waals surface area (Å²) < 4.78 is 10.1. The van der Waals surface area contributed by atoms with Crippen molar-refractivity contribution in [3.8, 4) is 5.75 Å². The number of rotatable bonds is 6. The van der Waals surface area contributed by atoms with Gasteiger partial charge >= 0.3 is 0 Å². The molecule has 0 atom stereocenters. The van der Waals surface area contributed by atoms with Gasteiger partial charge in [0.25, 0.3) is 0 Å². The smallest absolute Gasteiger partial charge is 0.231 e. The lowest BCUT2D eigenvalue weighted by atomic mass is 9.71. The maximum absolute atomic E-state index is 12.7. The Morgan fingerprint density at radius 2 is 1.84 bits per heavy atom. The zero-order valence-corrected chi connectivity index (χ0v) is 15.0. The number of piperidine rings is 1. The van der Waals surface area contributed by atoms with Crippen molar-refractivity contribution in [2.24, 2.45) is 5.41 Å². The molecule has 6 heteroatoms. The normalized spacial score (nSPS) is 19.0. The zero-order chi connectivity index (χ0) is 17.9. The van der Waals surface area contributed by atoms with Crippen LogP contribution in [-0.4, -0.2) is 62.1 Å². The van der Waals surface area contributed by atoms with Crippen molar-refractivity contribution in [3.05, 3.63) is 29.8 Å². The minimum absolute atomic E-state index is 0.124. The van der Waals surface area contributed by atoms with Gasteiger partial charge in [-0.3, -0.25) is 9.59 Å². The summed E-state index contributed by atoms with van der Waals surface area (Å²) in [4.78, 5) is 28.5. The number of hydrogen-bond donors (Lipinski definition) is 0. The van der Waals surface area contributed by atoms with Crippen LogP contribution in [0.1, 0.15) is 24.8 Å². The first-order chi connectivity index (χ1) is 12.1. The number of ether oxygens (including phenoxy) is 2. The Morgan fingerprint density at radius 3 is 2.40 bits per heavy atom. The van der Waals surface area contributed by atoms with Crippen molar-refractivity contribution < 1.29 is 19.1 Å². The molecular weight excluding hydrogens is 320 g/mol. The number of likely N-dealkylation sites (tertiary alicyclic amines) is 2. The highest BCUT2D eigenvalue weighted by atomic mass is 16.5. The average Bonchev–Trinajstić information content (AvgIpc) is 2.66. The monoisotopic (exact) mass is 346 g/mol. The summed E-state index contributed by atoms with van der Waals surface area (Å²) in [7, 11) is 3.24. The number of hydrogen-bond acceptors (Lipinski definition) is 4. The molecular formula is C19H26N2O4. The van der Waals surface area contributed by atoms with Crippen LogP contribution in [0, 0.1) is 5.41 Å². The second-order valence-corrected chi connectivity index (χ2v) is 6.91. The Morgan fingerprint density at radius 1 is 1.16 bits per heavy atom. The Balaban J connectivity index is 1.50. The Hall–Kier alpha value is -2.08. The lowest BCUT2D eigenvalue weighted by Crippen LogP contribution is -2.64. The molecule has 1 spiro atoms. The molecule has 2 aliphatic rings. The molecule has 2 heterocycles. The van der Waals surface area contributed by atoms with Crippen LogP contribution in [0.5, 0.6) is 5.75 Å². The molecule has 0 unspecified atom stereocenters. The number of carbonyl (C=O) groups excluding carboxylic acids is 2. The molecule has 3 rings (SSSR count). The van der Waals surface area contributed by atoms with Crippen LogP contribution in [0.4, 0.5) is 0 Å². The third-order valence-electron chi connectivity index (χ3n) is 5.36. The first-order valence-electron chi connectivity index (χ1n) is 8.77. The summed E-state index contributed by atoms with van der Waals surface area (Å²) in [5.41, 5.74) is 0.862. The fourth-order valence-electron chi connectivity index (χ4n) is 3.73. The van der Waals surface area contributed by atoms with Crippen molar-refractivity contribution >= 4 is 11.8 Å². The second-order valence-electron chi connectivity index (χ2n) is 6.91. The predicted molar refractivity (Wildman–Crippen MR) is 93.2 cm³/mol. The maximum Gasteiger partial charge on any atom is 0.231 e. The summed E-state index contributed by atoms with van der Waals surface area (Å²) in [6.07, 6.45) is 1.95. The molecule has 0 radical (unpaired) electrons. The van der Waals surface area contributed by atoms with Crippen LogP contribution >= 0.6 is 0 Å². The van der Waals surface area contributed by atoms with E-state index >= 15 is 0 Å². The van der Waals surface area contributed by atoms with E-state index in [0.29, 0.717) is 32.7 Å². The fourth-order valence-corrected chi connectivity index (χ4v) is 3.73. The molecule has 2 aliphatic heterocycles. The first-order valence-corrected chi connectivity index (χ1v) is 8.77. The molecule has 0 aliphatic carbocycles. The van der Waals surface area contributed by atoms with E-state index < -0.39 is 0 Å². The Bertz CT molecular complexity index is 621. The van der Waals surface area contributed by atoms with Gasteiger partial charge in [0.05, 0.1) is 25.6 Å². The van der Waals surface area contributed by atoms with Gasteiger partial charge in [-0.1, -0.05) is 12.1 Å². The van der Waals surface area contributed by atoms with Gasteiger partial charge in [0, 0.05) is 33.3 Å². The summed E-state index contributed by atoms with van der Waals surface area (Å²) in [6, 6.07) is 7.82. The Kier molecular flexibility index (Phi) is 5.27. The highest BCUT2D eigenvalue weighted by Gasteiger charge is 2.53. The minimum atomic E-state index is -0.246. The van der Waals surface area contributed by atoms with Crippen LogP contribution in [-0.2, 0) is 20.9 Å². The fraction of sp³-hybridized carbons (Fsp3) is 0.579. The van der Waals surface area contributed by atoms with Crippen LogP contribution < -0.4 is 4.74 Å². The third-order valence-corrected chi connectivity index (χ3v) is 5.36. The lowest BCUT2D eigenvalue weighted by molar-refractivity contribution is -0.168. The van der Waals surface area contributed by atoms with E-state index in [1.54, 1.807) is 14.2 Å². The third kappa shape index (κ3) is 3.63. The van der Waals surface area contributed by atoms with Crippen molar-refractivity contribution in [3.63, 3.8) is 0 Å². The topological polar surface area (TPSA) is 59.1 Å². The van der Waals surface area contributed by atoms with E-state index in [0.717, 1.165) is 30.7 Å². The van der Waals surface area contributed by atoms with E-state index in [1.807, 2.05) is 34.1 Å². The van der Waals surface area contributed by atoms with Gasteiger partial charge in [-0.2, -0.15) is 0 Å². The van der Waals surface area contributed by atoms with Gasteiger partial charge < -0.3 is 19.3 Å². The number of β-lactam (4-membered cyclic amide) rings is 1. The minimum Gasteiger partial charge on any atom is -0.497 e. The van der Waals surface area contributed by atoms with Crippen LogP contribution in [0.15, 0.2) is 24.3 Å². The molecule has 6 nitrogen and oxygen atoms in total. The van der Waals surface area contributed by atoms with Crippen LogP contribution in [0.2, 0.25) is 0 Å². The molecule has 0 N–H and O–H groups in total. The highest BCUT2D eigenvalue weighted by molar-refractivity contribution is 5.89. The average molecular weight is 346 g/mol. The summed E-state index contributed by atoms with van der Waals surface area (Å²) in [6.45, 7) is 3.23. The molecule has 2 amide bonds. The van der Waals surface area contributed by atoms with Gasteiger partial charge in [-0.15, -0.1) is 0 Å². The SMILES string of the molecule is COCCC(=O)N1CCC2(CC1)CN(Cc1ccc(OC)cc1)C2=O. The number of methoxy groups -OCH3 is 2. The molecule has 136 valence electrons. The van der Waals surface area contributed by atoms with Gasteiger partial charge in [-0.05, 0) is 30.5 Å². The van der Waals surface area contributed by atoms with Gasteiger partial charge in [0.15, 0.2) is 0 Å². The highest BCUT2D eigenvalue weighted by Crippen LogP contribution is 2.42. The van der Waals surface area contributed by atoms with E-state index in [1.165, 1.54) is 0 Å². The zero-order valence-electron chi connectivity index (χ0n) is 15.0. The van der Waals surface area contributed by atoms with Crippen molar-refractivity contribution in [1.82, 2.24) is 9.80 Å². The number of amides is 2. The van der Waals surface area contributed by atoms with E-state index in [9.17, 15) is 9.59 Å². The van der Waals surface area contributed by atoms with Crippen LogP contribution in [0.25, 0.3) is 0 Å². The molecule has 0 saturated carbocycles. The maximum atomic E-state index is 12.7. The molecule has 1 aromatic carbocycles. The molecule has 0 bridgehead atoms. The number of nitrogens with zero attached hydrogens (tertiary/aromatic N) is 2. The summed E-state index contributed by atoms with van der Waals surface area (Å²) in [5.74, 6) is 1.17. The summed E-state index contributed by atoms with van der Waals surface area (Å²) in [5, 5.41) is 0. The quantitative estimate of drug-likeness (QED) is 0.736. The van der Waals surface area contributed by atoms with Crippen molar-refractivity contribution in [2.45, 2.75) is 25.8 Å². The van der Waals surface area contributed by atoms with Gasteiger partial charge in [-0.25, -0.2) is 0 Å². The molecule has 2 fully saturated rings. The van der Waals surface area contributed by atoms with Crippen LogP contribution in [0.3, 0.4) is 0 Å². The van der Waals surface area contributed by atoms with Gasteiger partial charge in [0.2, 0.25) is 11.8 Å². The second kappa shape index (κ2) is 7.44. The molecule has 0 aromatic heterocycles. The number of carbonyl (C=O) groups is 2. The van der Waals surface area contributed by atoms with Crippen molar-refractivity contribution in [1.29, 1.82) is 0 Å². The van der Waals surface area contributed by atoms with Gasteiger partial charge in [0.1, 0.15) is 5.75 Å². The molecule has 1 aromatic rings. The van der Waals surface area contributed by atoms with E-state index in [2.05, 4.69) is 0 Å². The van der Waals surface area contributed by atoms with E-state index in [4.69, 9.17) is 9.47 Å². The predicted octanol–water partition coefficient (Wildman–Crippen LogP) is 1.68. The van der Waals surface area contributed by atoms with Crippen molar-refractivity contribution in [2.75, 3.05) is 40.5 Å². The number of benzene rings is 1. The molecule has 25 heavy (non-hydrogen) atoms. The van der Waals surface area contributed by atoms with E-state index in [-0.39, 0.29) is 17.2 Å². The standard InChI is InChI=1S/C19H26N2O4/c1-24-12-7-17(22)20-10-8-19(9-11-20)14-21(18(19)23)13-15-3-5-16(25-2)6-4-15/h3-6H,7-14H2,1-2H3. The molecule has 2 saturated heterocycles. The lowest BCUT2D eigenvalue weighted by Gasteiger charge is -2.52. The first kappa shape index (κ1) is 17.7.